The molecular formula is C24H20F2O4. The molecule has 0 fully saturated rings. The zero-order valence-corrected chi connectivity index (χ0v) is 16.5. The summed E-state index contributed by atoms with van der Waals surface area (Å²) >= 11 is 0. The van der Waals surface area contributed by atoms with E-state index < -0.39 is 18.7 Å². The van der Waals surface area contributed by atoms with E-state index in [-0.39, 0.29) is 17.1 Å². The first-order valence-electron chi connectivity index (χ1n) is 9.27. The molecule has 30 heavy (non-hydrogen) atoms. The van der Waals surface area contributed by atoms with E-state index in [0.717, 1.165) is 11.1 Å². The van der Waals surface area contributed by atoms with Crippen LogP contribution in [0.1, 0.15) is 43.5 Å². The number of esters is 1. The van der Waals surface area contributed by atoms with Crippen molar-refractivity contribution < 1.29 is 27.8 Å². The van der Waals surface area contributed by atoms with Crippen LogP contribution in [0.25, 0.3) is 0 Å². The van der Waals surface area contributed by atoms with Crippen molar-refractivity contribution in [2.24, 2.45) is 0 Å². The van der Waals surface area contributed by atoms with E-state index in [1.54, 1.807) is 24.3 Å². The highest BCUT2D eigenvalue weighted by atomic mass is 19.3. The number of ketones is 1. The topological polar surface area (TPSA) is 52.6 Å². The largest absolute Gasteiger partial charge is 0.445 e. The molecule has 0 aliphatic carbocycles. The van der Waals surface area contributed by atoms with Crippen molar-refractivity contribution in [1.82, 2.24) is 0 Å². The first-order valence-corrected chi connectivity index (χ1v) is 9.27. The van der Waals surface area contributed by atoms with E-state index >= 15 is 0 Å². The number of carbonyl (C=O) groups is 2. The van der Waals surface area contributed by atoms with Gasteiger partial charge < -0.3 is 9.47 Å². The zero-order chi connectivity index (χ0) is 21.7. The van der Waals surface area contributed by atoms with Crippen LogP contribution in [0.3, 0.4) is 0 Å². The van der Waals surface area contributed by atoms with Crippen LogP contribution in [0.4, 0.5) is 8.78 Å². The highest BCUT2D eigenvalue weighted by molar-refractivity contribution is 6.02. The van der Waals surface area contributed by atoms with Gasteiger partial charge in [0.1, 0.15) is 5.75 Å². The number of hydrogen-bond donors (Lipinski definition) is 0. The monoisotopic (exact) mass is 410 g/mol. The number of rotatable bonds is 7. The Hall–Kier alpha value is -3.54. The maximum atomic E-state index is 13.1. The van der Waals surface area contributed by atoms with Crippen LogP contribution in [0, 0.1) is 13.8 Å². The van der Waals surface area contributed by atoms with E-state index in [9.17, 15) is 18.4 Å². The minimum Gasteiger partial charge on any atom is -0.445 e. The fraction of sp³-hybridized carbons (Fsp3) is 0.167. The van der Waals surface area contributed by atoms with Crippen LogP contribution in [0.2, 0.25) is 0 Å². The van der Waals surface area contributed by atoms with Crippen LogP contribution in [0.5, 0.6) is 5.75 Å². The van der Waals surface area contributed by atoms with Gasteiger partial charge >= 0.3 is 12.6 Å². The predicted octanol–water partition coefficient (Wildman–Crippen LogP) is 5.69. The molecule has 0 aliphatic heterocycles. The fourth-order valence-corrected chi connectivity index (χ4v) is 2.83. The number of hydrogen-bond acceptors (Lipinski definition) is 4. The van der Waals surface area contributed by atoms with E-state index in [1.165, 1.54) is 24.3 Å². The lowest BCUT2D eigenvalue weighted by Crippen LogP contribution is -2.20. The lowest BCUT2D eigenvalue weighted by atomic mass is 9.98. The summed E-state index contributed by atoms with van der Waals surface area (Å²) in [4.78, 5) is 25.8. The Morgan fingerprint density at radius 1 is 0.733 bits per heavy atom. The summed E-state index contributed by atoms with van der Waals surface area (Å²) in [5.74, 6) is -1.18. The van der Waals surface area contributed by atoms with Crippen LogP contribution in [-0.2, 0) is 4.74 Å². The molecule has 0 spiro atoms. The summed E-state index contributed by atoms with van der Waals surface area (Å²) in [6, 6.07) is 19.2. The summed E-state index contributed by atoms with van der Waals surface area (Å²) < 4.78 is 34.4. The highest BCUT2D eigenvalue weighted by Gasteiger charge is 2.27. The molecule has 3 rings (SSSR count). The second kappa shape index (κ2) is 9.31. The molecule has 0 N–H and O–H groups in total. The maximum absolute atomic E-state index is 13.1. The lowest BCUT2D eigenvalue weighted by molar-refractivity contribution is -0.0498. The van der Waals surface area contributed by atoms with E-state index in [1.807, 2.05) is 38.1 Å². The molecule has 0 unspecified atom stereocenters. The van der Waals surface area contributed by atoms with Gasteiger partial charge in [-0.1, -0.05) is 59.7 Å². The molecular weight excluding hydrogens is 390 g/mol. The van der Waals surface area contributed by atoms with Gasteiger partial charge in [0.15, 0.2) is 6.10 Å². The Balaban J connectivity index is 1.86. The van der Waals surface area contributed by atoms with Gasteiger partial charge in [0.05, 0.1) is 5.56 Å². The predicted molar refractivity (Wildman–Crippen MR) is 108 cm³/mol. The Morgan fingerprint density at radius 2 is 1.23 bits per heavy atom. The molecule has 0 aliphatic rings. The zero-order valence-electron chi connectivity index (χ0n) is 16.5. The van der Waals surface area contributed by atoms with Gasteiger partial charge in [0, 0.05) is 11.1 Å². The van der Waals surface area contributed by atoms with Crippen LogP contribution in [0.15, 0.2) is 72.8 Å². The third-order valence-corrected chi connectivity index (χ3v) is 4.49. The summed E-state index contributed by atoms with van der Waals surface area (Å²) in [6.07, 6.45) is -1.14. The second-order valence-electron chi connectivity index (χ2n) is 6.83. The number of alkyl halides is 2. The summed E-state index contributed by atoms with van der Waals surface area (Å²) in [7, 11) is 0. The fourth-order valence-electron chi connectivity index (χ4n) is 2.83. The second-order valence-corrected chi connectivity index (χ2v) is 6.83. The minimum absolute atomic E-state index is 0.0765. The molecule has 0 radical (unpaired) electrons. The summed E-state index contributed by atoms with van der Waals surface area (Å²) in [6.45, 7) is 0.865. The van der Waals surface area contributed by atoms with E-state index in [0.29, 0.717) is 11.1 Å². The molecule has 0 bridgehead atoms. The summed E-state index contributed by atoms with van der Waals surface area (Å²) in [5.41, 5.74) is 3.07. The van der Waals surface area contributed by atoms with Crippen molar-refractivity contribution in [3.8, 4) is 5.75 Å². The SMILES string of the molecule is Cc1ccc(C(=O)[C@H](OC(=O)c2ccc(OC(F)F)cc2)c2ccc(C)cc2)cc1. The average Bonchev–Trinajstić information content (AvgIpc) is 2.73. The normalized spacial score (nSPS) is 11.8. The molecule has 1 atom stereocenters. The molecule has 0 aromatic heterocycles. The number of Topliss-reactive ketones (excluding diaryl/α,β-unsaturated/α-hetero) is 1. The summed E-state index contributed by atoms with van der Waals surface area (Å²) in [5, 5.41) is 0. The first kappa shape index (κ1) is 21.2. The van der Waals surface area contributed by atoms with Crippen molar-refractivity contribution >= 4 is 11.8 Å². The van der Waals surface area contributed by atoms with Gasteiger partial charge in [0.25, 0.3) is 0 Å². The molecule has 6 heteroatoms. The van der Waals surface area contributed by atoms with Gasteiger partial charge in [-0.15, -0.1) is 0 Å². The number of ether oxygens (including phenoxy) is 2. The van der Waals surface area contributed by atoms with Crippen LogP contribution >= 0.6 is 0 Å². The van der Waals surface area contributed by atoms with E-state index in [2.05, 4.69) is 4.74 Å². The number of benzene rings is 3. The molecule has 4 nitrogen and oxygen atoms in total. The smallest absolute Gasteiger partial charge is 0.387 e. The Morgan fingerprint density at radius 3 is 1.77 bits per heavy atom. The van der Waals surface area contributed by atoms with Crippen molar-refractivity contribution in [2.45, 2.75) is 26.6 Å². The average molecular weight is 410 g/mol. The van der Waals surface area contributed by atoms with Gasteiger partial charge in [-0.2, -0.15) is 8.78 Å². The maximum Gasteiger partial charge on any atom is 0.387 e. The lowest BCUT2D eigenvalue weighted by Gasteiger charge is -2.18. The van der Waals surface area contributed by atoms with Crippen molar-refractivity contribution in [2.75, 3.05) is 0 Å². The van der Waals surface area contributed by atoms with Gasteiger partial charge in [-0.05, 0) is 38.1 Å². The van der Waals surface area contributed by atoms with Crippen molar-refractivity contribution in [3.63, 3.8) is 0 Å². The quantitative estimate of drug-likeness (QED) is 0.371. The molecule has 0 heterocycles. The van der Waals surface area contributed by atoms with E-state index in [4.69, 9.17) is 4.74 Å². The van der Waals surface area contributed by atoms with Crippen molar-refractivity contribution in [3.05, 3.63) is 101 Å². The molecule has 3 aromatic carbocycles. The number of halogens is 2. The molecule has 3 aromatic rings. The Bertz CT molecular complexity index is 1010. The standard InChI is InChI=1S/C24H20F2O4/c1-15-3-7-17(8-4-15)21(27)22(18-9-5-16(2)6-10-18)30-23(28)19-11-13-20(14-12-19)29-24(25)26/h3-14,22,24H,1-2H3/t22-/m1/s1. The molecule has 0 amide bonds. The highest BCUT2D eigenvalue weighted by Crippen LogP contribution is 2.25. The number of carbonyl (C=O) groups excluding carboxylic acids is 2. The third-order valence-electron chi connectivity index (χ3n) is 4.49. The van der Waals surface area contributed by atoms with Gasteiger partial charge in [0.2, 0.25) is 5.78 Å². The van der Waals surface area contributed by atoms with Crippen LogP contribution in [-0.4, -0.2) is 18.4 Å². The van der Waals surface area contributed by atoms with Gasteiger partial charge in [-0.3, -0.25) is 4.79 Å². The third kappa shape index (κ3) is 5.29. The van der Waals surface area contributed by atoms with Crippen LogP contribution < -0.4 is 4.74 Å². The Kier molecular flexibility index (Phi) is 6.57. The first-order chi connectivity index (χ1) is 14.3. The van der Waals surface area contributed by atoms with Crippen molar-refractivity contribution in [1.29, 1.82) is 0 Å². The molecule has 154 valence electrons. The van der Waals surface area contributed by atoms with Gasteiger partial charge in [-0.25, -0.2) is 4.79 Å². The minimum atomic E-state index is -2.96. The Labute approximate surface area is 173 Å². The molecule has 0 saturated carbocycles. The molecule has 0 saturated heterocycles. The number of aryl methyl sites for hydroxylation is 2.